The molecular weight excluding hydrogens is 426 g/mol. The fraction of sp³-hybridized carbons (Fsp3) is 0.179. The molecule has 172 valence electrons. The molecule has 2 N–H and O–H groups in total. The van der Waals surface area contributed by atoms with Gasteiger partial charge in [0.2, 0.25) is 5.91 Å². The third-order valence-electron chi connectivity index (χ3n) is 5.69. The first kappa shape index (κ1) is 23.0. The molecule has 34 heavy (non-hydrogen) atoms. The molecule has 1 aliphatic heterocycles. The van der Waals surface area contributed by atoms with E-state index in [4.69, 9.17) is 0 Å². The van der Waals surface area contributed by atoms with Crippen LogP contribution in [-0.2, 0) is 20.9 Å². The average molecular weight is 454 g/mol. The summed E-state index contributed by atoms with van der Waals surface area (Å²) in [4.78, 5) is 39.5. The Kier molecular flexibility index (Phi) is 6.59. The number of amides is 3. The number of nitrogens with zero attached hydrogens (tertiary/aromatic N) is 1. The zero-order valence-corrected chi connectivity index (χ0v) is 19.5. The highest BCUT2D eigenvalue weighted by Crippen LogP contribution is 2.32. The van der Waals surface area contributed by atoms with E-state index in [1.807, 2.05) is 54.6 Å². The van der Waals surface area contributed by atoms with E-state index in [1.165, 1.54) is 17.4 Å². The smallest absolute Gasteiger partial charge is 0.278 e. The van der Waals surface area contributed by atoms with Crippen molar-refractivity contribution in [3.8, 4) is 0 Å². The first-order chi connectivity index (χ1) is 16.3. The molecule has 1 heterocycles. The Labute approximate surface area is 199 Å². The predicted molar refractivity (Wildman–Crippen MR) is 134 cm³/mol. The second-order valence-corrected chi connectivity index (χ2v) is 8.59. The summed E-state index contributed by atoms with van der Waals surface area (Å²) in [5, 5.41) is 5.91. The Hall–Kier alpha value is -4.19. The van der Waals surface area contributed by atoms with Crippen LogP contribution in [0.1, 0.15) is 43.4 Å². The third kappa shape index (κ3) is 4.91. The SMILES string of the molecule is CC(=O)Nc1ccc(C2=C(Nc3ccc(C(C)C)cc3)C(=O)N(Cc3ccccc3)C2=O)cc1. The van der Waals surface area contributed by atoms with Crippen molar-refractivity contribution in [2.24, 2.45) is 0 Å². The van der Waals surface area contributed by atoms with E-state index in [0.717, 1.165) is 11.3 Å². The third-order valence-corrected chi connectivity index (χ3v) is 5.69. The first-order valence-corrected chi connectivity index (χ1v) is 11.2. The fourth-order valence-corrected chi connectivity index (χ4v) is 3.89. The van der Waals surface area contributed by atoms with Gasteiger partial charge in [0.25, 0.3) is 11.8 Å². The number of rotatable bonds is 7. The van der Waals surface area contributed by atoms with E-state index in [1.54, 1.807) is 24.3 Å². The van der Waals surface area contributed by atoms with Gasteiger partial charge < -0.3 is 10.6 Å². The molecule has 3 amide bonds. The first-order valence-electron chi connectivity index (χ1n) is 11.2. The maximum atomic E-state index is 13.5. The predicted octanol–water partition coefficient (Wildman–Crippen LogP) is 5.16. The van der Waals surface area contributed by atoms with Crippen LogP contribution in [0, 0.1) is 0 Å². The molecule has 0 atom stereocenters. The molecule has 0 bridgehead atoms. The monoisotopic (exact) mass is 453 g/mol. The van der Waals surface area contributed by atoms with E-state index < -0.39 is 0 Å². The zero-order chi connectivity index (χ0) is 24.2. The molecule has 0 aromatic heterocycles. The average Bonchev–Trinajstić information content (AvgIpc) is 3.04. The van der Waals surface area contributed by atoms with Crippen LogP contribution < -0.4 is 10.6 Å². The minimum atomic E-state index is -0.372. The van der Waals surface area contributed by atoms with Gasteiger partial charge in [-0.25, -0.2) is 0 Å². The van der Waals surface area contributed by atoms with Crippen LogP contribution in [0.2, 0.25) is 0 Å². The lowest BCUT2D eigenvalue weighted by Crippen LogP contribution is -2.31. The van der Waals surface area contributed by atoms with E-state index in [9.17, 15) is 14.4 Å². The van der Waals surface area contributed by atoms with Gasteiger partial charge in [-0.05, 0) is 46.9 Å². The molecule has 6 heteroatoms. The molecule has 0 saturated carbocycles. The van der Waals surface area contributed by atoms with Crippen LogP contribution in [0.25, 0.3) is 5.57 Å². The van der Waals surface area contributed by atoms with E-state index in [-0.39, 0.29) is 30.0 Å². The highest BCUT2D eigenvalue weighted by Gasteiger charge is 2.39. The Bertz CT molecular complexity index is 1240. The van der Waals surface area contributed by atoms with Crippen LogP contribution in [0.5, 0.6) is 0 Å². The molecule has 0 radical (unpaired) electrons. The van der Waals surface area contributed by atoms with E-state index in [0.29, 0.717) is 22.7 Å². The molecular formula is C28H27N3O3. The van der Waals surface area contributed by atoms with Crippen LogP contribution in [0.15, 0.2) is 84.6 Å². The highest BCUT2D eigenvalue weighted by atomic mass is 16.2. The van der Waals surface area contributed by atoms with Crippen molar-refractivity contribution < 1.29 is 14.4 Å². The van der Waals surface area contributed by atoms with Gasteiger partial charge in [-0.3, -0.25) is 19.3 Å². The number of anilines is 2. The fourth-order valence-electron chi connectivity index (χ4n) is 3.89. The van der Waals surface area contributed by atoms with Crippen LogP contribution in [0.3, 0.4) is 0 Å². The summed E-state index contributed by atoms with van der Waals surface area (Å²) in [7, 11) is 0. The van der Waals surface area contributed by atoms with Gasteiger partial charge in [-0.2, -0.15) is 0 Å². The summed E-state index contributed by atoms with van der Waals surface area (Å²) in [6.07, 6.45) is 0. The van der Waals surface area contributed by atoms with Gasteiger partial charge in [-0.15, -0.1) is 0 Å². The number of imide groups is 1. The number of hydrogen-bond acceptors (Lipinski definition) is 4. The summed E-state index contributed by atoms with van der Waals surface area (Å²) in [6, 6.07) is 24.2. The summed E-state index contributed by atoms with van der Waals surface area (Å²) in [5.74, 6) is -0.521. The van der Waals surface area contributed by atoms with Gasteiger partial charge in [-0.1, -0.05) is 68.4 Å². The Morgan fingerprint density at radius 3 is 2.03 bits per heavy atom. The maximum Gasteiger partial charge on any atom is 0.278 e. The molecule has 0 fully saturated rings. The summed E-state index contributed by atoms with van der Waals surface area (Å²) < 4.78 is 0. The number of carbonyl (C=O) groups excluding carboxylic acids is 3. The van der Waals surface area contributed by atoms with Crippen molar-refractivity contribution in [1.29, 1.82) is 0 Å². The minimum absolute atomic E-state index is 0.180. The normalized spacial score (nSPS) is 13.6. The van der Waals surface area contributed by atoms with Crippen molar-refractivity contribution in [2.45, 2.75) is 33.2 Å². The molecule has 1 aliphatic rings. The second-order valence-electron chi connectivity index (χ2n) is 8.59. The standard InChI is InChI=1S/C28H27N3O3/c1-18(2)21-9-13-24(14-10-21)30-26-25(22-11-15-23(16-12-22)29-19(3)32)27(33)31(28(26)34)17-20-7-5-4-6-8-20/h4-16,18,30H,17H2,1-3H3,(H,29,32). The maximum absolute atomic E-state index is 13.5. The summed E-state index contributed by atoms with van der Waals surface area (Å²) in [6.45, 7) is 5.86. The minimum Gasteiger partial charge on any atom is -0.350 e. The van der Waals surface area contributed by atoms with Crippen LogP contribution in [-0.4, -0.2) is 22.6 Å². The van der Waals surface area contributed by atoms with Gasteiger partial charge in [0.1, 0.15) is 5.70 Å². The quantitative estimate of drug-likeness (QED) is 0.485. The molecule has 0 saturated heterocycles. The molecule has 3 aromatic carbocycles. The summed E-state index contributed by atoms with van der Waals surface area (Å²) in [5.41, 5.74) is 4.56. The number of nitrogens with one attached hydrogen (secondary N) is 2. The second kappa shape index (κ2) is 9.75. The van der Waals surface area contributed by atoms with Gasteiger partial charge in [0, 0.05) is 18.3 Å². The molecule has 3 aromatic rings. The zero-order valence-electron chi connectivity index (χ0n) is 19.5. The van der Waals surface area contributed by atoms with Crippen molar-refractivity contribution in [2.75, 3.05) is 10.6 Å². The number of hydrogen-bond donors (Lipinski definition) is 2. The number of carbonyl (C=O) groups is 3. The molecule has 6 nitrogen and oxygen atoms in total. The molecule has 0 spiro atoms. The lowest BCUT2D eigenvalue weighted by Gasteiger charge is -2.15. The lowest BCUT2D eigenvalue weighted by atomic mass is 10.0. The number of benzene rings is 3. The highest BCUT2D eigenvalue weighted by molar-refractivity contribution is 6.36. The van der Waals surface area contributed by atoms with Gasteiger partial charge >= 0.3 is 0 Å². The molecule has 4 rings (SSSR count). The molecule has 0 unspecified atom stereocenters. The van der Waals surface area contributed by atoms with Crippen molar-refractivity contribution in [1.82, 2.24) is 4.90 Å². The van der Waals surface area contributed by atoms with Crippen molar-refractivity contribution >= 4 is 34.7 Å². The Morgan fingerprint density at radius 2 is 1.44 bits per heavy atom. The molecule has 0 aliphatic carbocycles. The van der Waals surface area contributed by atoms with Crippen LogP contribution >= 0.6 is 0 Å². The Balaban J connectivity index is 1.70. The van der Waals surface area contributed by atoms with Crippen molar-refractivity contribution in [3.05, 3.63) is 101 Å². The van der Waals surface area contributed by atoms with E-state index in [2.05, 4.69) is 24.5 Å². The van der Waals surface area contributed by atoms with E-state index >= 15 is 0 Å². The Morgan fingerprint density at radius 1 is 0.824 bits per heavy atom. The largest absolute Gasteiger partial charge is 0.350 e. The van der Waals surface area contributed by atoms with Crippen molar-refractivity contribution in [3.63, 3.8) is 0 Å². The topological polar surface area (TPSA) is 78.5 Å². The lowest BCUT2D eigenvalue weighted by molar-refractivity contribution is -0.137. The van der Waals surface area contributed by atoms with Gasteiger partial charge in [0.15, 0.2) is 0 Å². The summed E-state index contributed by atoms with van der Waals surface area (Å²) >= 11 is 0. The van der Waals surface area contributed by atoms with Gasteiger partial charge in [0.05, 0.1) is 12.1 Å². The van der Waals surface area contributed by atoms with Crippen LogP contribution in [0.4, 0.5) is 11.4 Å².